The molecule has 2 atom stereocenters. The van der Waals surface area contributed by atoms with E-state index in [1.807, 2.05) is 6.26 Å². The third-order valence-electron chi connectivity index (χ3n) is 4.71. The number of hydrogen-bond donors (Lipinski definition) is 0. The first-order valence-corrected chi connectivity index (χ1v) is 9.24. The highest BCUT2D eigenvalue weighted by Crippen LogP contribution is 2.43. The smallest absolute Gasteiger partial charge is 0.136 e. The van der Waals surface area contributed by atoms with Crippen LogP contribution in [0.25, 0.3) is 0 Å². The second-order valence-electron chi connectivity index (χ2n) is 7.93. The van der Waals surface area contributed by atoms with Crippen LogP contribution in [0.3, 0.4) is 0 Å². The lowest BCUT2D eigenvalue weighted by Gasteiger charge is -2.37. The molecular weight excluding hydrogens is 272 g/mol. The molecule has 1 aromatic heterocycles. The first-order chi connectivity index (χ1) is 10.5. The number of ether oxygens (including phenoxy) is 1. The number of furan rings is 1. The van der Waals surface area contributed by atoms with Crippen LogP contribution in [-0.2, 0) is 11.2 Å². The highest BCUT2D eigenvalue weighted by Gasteiger charge is 2.37. The molecule has 2 heteroatoms. The van der Waals surface area contributed by atoms with Crippen LogP contribution in [0.2, 0.25) is 0 Å². The summed E-state index contributed by atoms with van der Waals surface area (Å²) in [7, 11) is 0. The van der Waals surface area contributed by atoms with E-state index in [2.05, 4.69) is 33.8 Å². The molecule has 0 bridgehead atoms. The molecule has 0 saturated heterocycles. The largest absolute Gasteiger partial charge is 0.466 e. The second kappa shape index (κ2) is 8.19. The van der Waals surface area contributed by atoms with E-state index < -0.39 is 0 Å². The van der Waals surface area contributed by atoms with Crippen LogP contribution in [0.1, 0.15) is 96.5 Å². The van der Waals surface area contributed by atoms with Gasteiger partial charge in [0.05, 0.1) is 12.4 Å². The molecule has 22 heavy (non-hydrogen) atoms. The molecular formula is C20H34O2. The Balaban J connectivity index is 1.77. The molecule has 0 amide bonds. The van der Waals surface area contributed by atoms with Gasteiger partial charge in [0.2, 0.25) is 0 Å². The predicted molar refractivity (Wildman–Crippen MR) is 92.1 cm³/mol. The Morgan fingerprint density at radius 1 is 1.05 bits per heavy atom. The number of unbranched alkanes of at least 4 members (excludes halogenated alkanes) is 6. The van der Waals surface area contributed by atoms with Crippen LogP contribution < -0.4 is 0 Å². The molecule has 0 unspecified atom stereocenters. The second-order valence-corrected chi connectivity index (χ2v) is 7.93. The third-order valence-corrected chi connectivity index (χ3v) is 4.71. The maximum atomic E-state index is 6.39. The minimum Gasteiger partial charge on any atom is -0.466 e. The maximum Gasteiger partial charge on any atom is 0.136 e. The Bertz CT molecular complexity index is 427. The zero-order valence-corrected chi connectivity index (χ0v) is 15.0. The summed E-state index contributed by atoms with van der Waals surface area (Å²) in [5, 5.41) is 0. The summed E-state index contributed by atoms with van der Waals surface area (Å²) >= 11 is 0. The van der Waals surface area contributed by atoms with Gasteiger partial charge in [-0.2, -0.15) is 0 Å². The van der Waals surface area contributed by atoms with Crippen molar-refractivity contribution < 1.29 is 9.15 Å². The molecule has 0 aromatic carbocycles. The van der Waals surface area contributed by atoms with Crippen molar-refractivity contribution in [1.29, 1.82) is 0 Å². The molecule has 0 radical (unpaired) electrons. The summed E-state index contributed by atoms with van der Waals surface area (Å²) < 4.78 is 12.1. The van der Waals surface area contributed by atoms with Crippen molar-refractivity contribution in [2.75, 3.05) is 0 Å². The van der Waals surface area contributed by atoms with Crippen LogP contribution in [-0.4, -0.2) is 6.10 Å². The van der Waals surface area contributed by atoms with Crippen LogP contribution in [0.15, 0.2) is 16.7 Å². The summed E-state index contributed by atoms with van der Waals surface area (Å²) in [5.41, 5.74) is 1.45. The van der Waals surface area contributed by atoms with E-state index >= 15 is 0 Å². The minimum absolute atomic E-state index is 0.0887. The lowest BCUT2D eigenvalue weighted by Crippen LogP contribution is -2.32. The van der Waals surface area contributed by atoms with E-state index in [1.54, 1.807) is 0 Å². The van der Waals surface area contributed by atoms with Gasteiger partial charge in [-0.05, 0) is 23.5 Å². The van der Waals surface area contributed by atoms with Crippen molar-refractivity contribution >= 4 is 0 Å². The average molecular weight is 306 g/mol. The van der Waals surface area contributed by atoms with Crippen LogP contribution in [0, 0.1) is 5.41 Å². The Kier molecular flexibility index (Phi) is 6.55. The van der Waals surface area contributed by atoms with E-state index in [0.717, 1.165) is 12.2 Å². The summed E-state index contributed by atoms with van der Waals surface area (Å²) in [6.07, 6.45) is 14.0. The van der Waals surface area contributed by atoms with Crippen molar-refractivity contribution in [3.63, 3.8) is 0 Å². The Labute approximate surface area is 136 Å². The third kappa shape index (κ3) is 4.87. The number of hydrogen-bond acceptors (Lipinski definition) is 2. The van der Waals surface area contributed by atoms with Crippen molar-refractivity contribution in [3.8, 4) is 0 Å². The molecule has 0 spiro atoms. The number of rotatable bonds is 8. The average Bonchev–Trinajstić information content (AvgIpc) is 2.92. The van der Waals surface area contributed by atoms with E-state index in [1.165, 1.54) is 56.9 Å². The SMILES string of the molecule is CCCCCCCCC[C@H]1Cc2ccoc2[C@@H](C(C)(C)C)O1. The quantitative estimate of drug-likeness (QED) is 0.515. The van der Waals surface area contributed by atoms with Gasteiger partial charge in [-0.3, -0.25) is 0 Å². The Morgan fingerprint density at radius 3 is 2.41 bits per heavy atom. The fourth-order valence-corrected chi connectivity index (χ4v) is 3.39. The van der Waals surface area contributed by atoms with Gasteiger partial charge in [0.15, 0.2) is 0 Å². The Hall–Kier alpha value is -0.760. The van der Waals surface area contributed by atoms with E-state index in [4.69, 9.17) is 9.15 Å². The molecule has 2 rings (SSSR count). The molecule has 0 aliphatic carbocycles. The molecule has 0 saturated carbocycles. The highest BCUT2D eigenvalue weighted by atomic mass is 16.5. The predicted octanol–water partition coefficient (Wildman–Crippen LogP) is 6.45. The molecule has 0 N–H and O–H groups in total. The van der Waals surface area contributed by atoms with E-state index in [9.17, 15) is 0 Å². The first-order valence-electron chi connectivity index (χ1n) is 9.24. The van der Waals surface area contributed by atoms with Crippen molar-refractivity contribution in [1.82, 2.24) is 0 Å². The topological polar surface area (TPSA) is 22.4 Å². The summed E-state index contributed by atoms with van der Waals surface area (Å²) in [5.74, 6) is 1.06. The zero-order chi connectivity index (χ0) is 16.0. The summed E-state index contributed by atoms with van der Waals surface area (Å²) in [4.78, 5) is 0. The fraction of sp³-hybridized carbons (Fsp3) is 0.800. The van der Waals surface area contributed by atoms with Gasteiger partial charge in [-0.1, -0.05) is 72.6 Å². The van der Waals surface area contributed by atoms with E-state index in [-0.39, 0.29) is 11.5 Å². The lowest BCUT2D eigenvalue weighted by atomic mass is 9.83. The van der Waals surface area contributed by atoms with Crippen molar-refractivity contribution in [2.24, 2.45) is 5.41 Å². The molecule has 1 aliphatic heterocycles. The monoisotopic (exact) mass is 306 g/mol. The standard InChI is InChI=1S/C20H34O2/c1-5-6-7-8-9-10-11-12-17-15-16-13-14-21-18(16)19(22-17)20(2,3)4/h13-14,17,19H,5-12,15H2,1-4H3/t17-,19-/m0/s1. The molecule has 0 fully saturated rings. The molecule has 126 valence electrons. The molecule has 2 nitrogen and oxygen atoms in total. The molecule has 1 aromatic rings. The zero-order valence-electron chi connectivity index (χ0n) is 15.0. The molecule has 1 aliphatic rings. The van der Waals surface area contributed by atoms with Gasteiger partial charge in [0, 0.05) is 6.42 Å². The lowest BCUT2D eigenvalue weighted by molar-refractivity contribution is -0.0937. The van der Waals surface area contributed by atoms with Gasteiger partial charge in [-0.25, -0.2) is 0 Å². The number of fused-ring (bicyclic) bond motifs is 1. The summed E-state index contributed by atoms with van der Waals surface area (Å²) in [6, 6.07) is 2.13. The van der Waals surface area contributed by atoms with Crippen molar-refractivity contribution in [3.05, 3.63) is 23.7 Å². The van der Waals surface area contributed by atoms with Gasteiger partial charge >= 0.3 is 0 Å². The van der Waals surface area contributed by atoms with Crippen LogP contribution >= 0.6 is 0 Å². The first kappa shape index (κ1) is 17.6. The van der Waals surface area contributed by atoms with E-state index in [0.29, 0.717) is 6.10 Å². The van der Waals surface area contributed by atoms with Crippen LogP contribution in [0.4, 0.5) is 0 Å². The minimum atomic E-state index is 0.0887. The highest BCUT2D eigenvalue weighted by molar-refractivity contribution is 5.24. The van der Waals surface area contributed by atoms with Crippen LogP contribution in [0.5, 0.6) is 0 Å². The van der Waals surface area contributed by atoms with Gasteiger partial charge < -0.3 is 9.15 Å². The Morgan fingerprint density at radius 2 is 1.73 bits per heavy atom. The maximum absolute atomic E-state index is 6.39. The van der Waals surface area contributed by atoms with Gasteiger partial charge in [0.1, 0.15) is 11.9 Å². The fourth-order valence-electron chi connectivity index (χ4n) is 3.39. The normalized spacial score (nSPS) is 21.8. The van der Waals surface area contributed by atoms with Crippen molar-refractivity contribution in [2.45, 2.75) is 97.7 Å². The van der Waals surface area contributed by atoms with Gasteiger partial charge in [-0.15, -0.1) is 0 Å². The van der Waals surface area contributed by atoms with Gasteiger partial charge in [0.25, 0.3) is 0 Å². The summed E-state index contributed by atoms with van der Waals surface area (Å²) in [6.45, 7) is 8.98. The molecule has 2 heterocycles.